The number of aromatic nitrogens is 4. The van der Waals surface area contributed by atoms with Crippen LogP contribution >= 0.6 is 0 Å². The fourth-order valence-corrected chi connectivity index (χ4v) is 1.46. The molecular formula is C10H9F3N4. The first kappa shape index (κ1) is 11.6. The lowest BCUT2D eigenvalue weighted by atomic mass is 10.2. The van der Waals surface area contributed by atoms with Crippen LogP contribution in [0.2, 0.25) is 0 Å². The van der Waals surface area contributed by atoms with Gasteiger partial charge in [-0.05, 0) is 13.0 Å². The van der Waals surface area contributed by atoms with Crippen LogP contribution in [0.5, 0.6) is 0 Å². The van der Waals surface area contributed by atoms with Gasteiger partial charge < -0.3 is 0 Å². The molecule has 0 radical (unpaired) electrons. The summed E-state index contributed by atoms with van der Waals surface area (Å²) in [7, 11) is 0. The van der Waals surface area contributed by atoms with Gasteiger partial charge in [0.1, 0.15) is 17.8 Å². The first-order valence-electron chi connectivity index (χ1n) is 4.84. The van der Waals surface area contributed by atoms with Crippen molar-refractivity contribution in [2.45, 2.75) is 19.6 Å². The number of rotatable bonds is 2. The smallest absolute Gasteiger partial charge is 0.251 e. The van der Waals surface area contributed by atoms with Crippen LogP contribution in [0.3, 0.4) is 0 Å². The summed E-state index contributed by atoms with van der Waals surface area (Å²) in [5.41, 5.74) is -0.807. The number of hydrogen-bond donors (Lipinski definition) is 0. The maximum atomic E-state index is 12.6. The summed E-state index contributed by atoms with van der Waals surface area (Å²) in [4.78, 5) is 7.22. The molecule has 0 amide bonds. The summed E-state index contributed by atoms with van der Waals surface area (Å²) in [5, 5.41) is 3.94. The summed E-state index contributed by atoms with van der Waals surface area (Å²) in [6.45, 7) is 1.67. The van der Waals surface area contributed by atoms with Gasteiger partial charge in [-0.1, -0.05) is 6.07 Å². The van der Waals surface area contributed by atoms with Gasteiger partial charge in [0.25, 0.3) is 0 Å². The van der Waals surface area contributed by atoms with E-state index in [1.54, 1.807) is 6.92 Å². The van der Waals surface area contributed by atoms with Crippen molar-refractivity contribution in [1.82, 2.24) is 19.7 Å². The molecule has 0 bridgehead atoms. The van der Waals surface area contributed by atoms with E-state index < -0.39 is 11.9 Å². The zero-order chi connectivity index (χ0) is 12.5. The minimum atomic E-state index is -4.45. The second-order valence-corrected chi connectivity index (χ2v) is 3.50. The van der Waals surface area contributed by atoms with Crippen LogP contribution in [-0.4, -0.2) is 19.7 Å². The predicted octanol–water partition coefficient (Wildman–Crippen LogP) is 2.05. The fraction of sp³-hybridized carbons (Fsp3) is 0.300. The molecular weight excluding hydrogens is 233 g/mol. The minimum Gasteiger partial charge on any atom is -0.251 e. The molecule has 2 rings (SSSR count). The van der Waals surface area contributed by atoms with E-state index >= 15 is 0 Å². The molecule has 0 atom stereocenters. The average molecular weight is 242 g/mol. The number of halogens is 3. The second kappa shape index (κ2) is 4.15. The molecule has 0 aliphatic heterocycles. The third-order valence-electron chi connectivity index (χ3n) is 2.14. The van der Waals surface area contributed by atoms with Crippen LogP contribution in [0.15, 0.2) is 24.7 Å². The van der Waals surface area contributed by atoms with Gasteiger partial charge >= 0.3 is 6.18 Å². The number of alkyl halides is 3. The van der Waals surface area contributed by atoms with E-state index in [1.165, 1.54) is 23.1 Å². The minimum absolute atomic E-state index is 0.00350. The molecule has 2 aromatic rings. The van der Waals surface area contributed by atoms with E-state index in [2.05, 4.69) is 15.1 Å². The van der Waals surface area contributed by atoms with Crippen LogP contribution in [-0.2, 0) is 12.7 Å². The number of hydrogen-bond acceptors (Lipinski definition) is 3. The third kappa shape index (κ3) is 2.61. The van der Waals surface area contributed by atoms with Crippen LogP contribution in [0.1, 0.15) is 17.1 Å². The highest BCUT2D eigenvalue weighted by atomic mass is 19.4. The summed E-state index contributed by atoms with van der Waals surface area (Å²) < 4.78 is 39.3. The molecule has 0 saturated carbocycles. The normalized spacial score (nSPS) is 11.8. The van der Waals surface area contributed by atoms with Crippen molar-refractivity contribution in [1.29, 1.82) is 0 Å². The van der Waals surface area contributed by atoms with Gasteiger partial charge in [-0.3, -0.25) is 4.98 Å². The lowest BCUT2D eigenvalue weighted by Gasteiger charge is -2.10. The molecule has 0 saturated heterocycles. The Hall–Kier alpha value is -1.92. The standard InChI is InChI=1S/C10H9F3N4/c1-7-15-6-17(16-7)5-8-3-2-4-14-9(8)10(11,12)13/h2-4,6H,5H2,1H3. The molecule has 0 spiro atoms. The molecule has 7 heteroatoms. The molecule has 0 aliphatic rings. The Morgan fingerprint density at radius 3 is 2.65 bits per heavy atom. The van der Waals surface area contributed by atoms with E-state index in [9.17, 15) is 13.2 Å². The van der Waals surface area contributed by atoms with Gasteiger partial charge in [0, 0.05) is 11.8 Å². The van der Waals surface area contributed by atoms with E-state index in [0.29, 0.717) is 5.82 Å². The van der Waals surface area contributed by atoms with Gasteiger partial charge in [0.05, 0.1) is 6.54 Å². The molecule has 0 fully saturated rings. The summed E-state index contributed by atoms with van der Waals surface area (Å²) >= 11 is 0. The topological polar surface area (TPSA) is 43.6 Å². The summed E-state index contributed by atoms with van der Waals surface area (Å²) in [6, 6.07) is 2.85. The van der Waals surface area contributed by atoms with E-state index in [0.717, 1.165) is 6.20 Å². The Morgan fingerprint density at radius 1 is 1.29 bits per heavy atom. The Bertz CT molecular complexity index is 518. The predicted molar refractivity (Wildman–Crippen MR) is 53.1 cm³/mol. The average Bonchev–Trinajstić information content (AvgIpc) is 2.63. The SMILES string of the molecule is Cc1ncn(Cc2cccnc2C(F)(F)F)n1. The van der Waals surface area contributed by atoms with Crippen LogP contribution in [0.25, 0.3) is 0 Å². The maximum Gasteiger partial charge on any atom is 0.433 e. The molecule has 0 N–H and O–H groups in total. The zero-order valence-corrected chi connectivity index (χ0v) is 8.94. The van der Waals surface area contributed by atoms with Gasteiger partial charge in [0.15, 0.2) is 0 Å². The highest BCUT2D eigenvalue weighted by molar-refractivity contribution is 5.22. The van der Waals surface area contributed by atoms with E-state index in [1.807, 2.05) is 0 Å². The van der Waals surface area contributed by atoms with E-state index in [4.69, 9.17) is 0 Å². The number of pyridine rings is 1. The van der Waals surface area contributed by atoms with Crippen molar-refractivity contribution in [2.75, 3.05) is 0 Å². The van der Waals surface area contributed by atoms with Gasteiger partial charge in [-0.15, -0.1) is 0 Å². The van der Waals surface area contributed by atoms with Crippen LogP contribution in [0.4, 0.5) is 13.2 Å². The first-order valence-corrected chi connectivity index (χ1v) is 4.84. The quantitative estimate of drug-likeness (QED) is 0.809. The van der Waals surface area contributed by atoms with E-state index in [-0.39, 0.29) is 12.1 Å². The lowest BCUT2D eigenvalue weighted by Crippen LogP contribution is -2.14. The van der Waals surface area contributed by atoms with Crippen molar-refractivity contribution in [3.63, 3.8) is 0 Å². The molecule has 4 nitrogen and oxygen atoms in total. The maximum absolute atomic E-state index is 12.6. The molecule has 2 heterocycles. The molecule has 2 aromatic heterocycles. The molecule has 0 aliphatic carbocycles. The molecule has 0 unspecified atom stereocenters. The zero-order valence-electron chi connectivity index (χ0n) is 8.94. The monoisotopic (exact) mass is 242 g/mol. The number of aryl methyl sites for hydroxylation is 1. The lowest BCUT2D eigenvalue weighted by molar-refractivity contribution is -0.141. The van der Waals surface area contributed by atoms with Crippen molar-refractivity contribution >= 4 is 0 Å². The highest BCUT2D eigenvalue weighted by Gasteiger charge is 2.35. The van der Waals surface area contributed by atoms with Gasteiger partial charge in [0.2, 0.25) is 0 Å². The Labute approximate surface area is 95.1 Å². The van der Waals surface area contributed by atoms with Gasteiger partial charge in [-0.2, -0.15) is 18.3 Å². The second-order valence-electron chi connectivity index (χ2n) is 3.50. The van der Waals surface area contributed by atoms with Gasteiger partial charge in [-0.25, -0.2) is 9.67 Å². The van der Waals surface area contributed by atoms with Crippen LogP contribution < -0.4 is 0 Å². The van der Waals surface area contributed by atoms with Crippen LogP contribution in [0, 0.1) is 6.92 Å². The highest BCUT2D eigenvalue weighted by Crippen LogP contribution is 2.30. The fourth-order valence-electron chi connectivity index (χ4n) is 1.46. The Morgan fingerprint density at radius 2 is 2.06 bits per heavy atom. The first-order chi connectivity index (χ1) is 7.97. The van der Waals surface area contributed by atoms with Crippen molar-refractivity contribution in [3.8, 4) is 0 Å². The number of nitrogens with zero attached hydrogens (tertiary/aromatic N) is 4. The summed E-state index contributed by atoms with van der Waals surface area (Å²) in [6.07, 6.45) is -1.94. The van der Waals surface area contributed by atoms with Crippen molar-refractivity contribution in [3.05, 3.63) is 41.7 Å². The molecule has 17 heavy (non-hydrogen) atoms. The van der Waals surface area contributed by atoms with Crippen molar-refractivity contribution < 1.29 is 13.2 Å². The molecule has 90 valence electrons. The largest absolute Gasteiger partial charge is 0.433 e. The Balaban J connectivity index is 2.33. The molecule has 0 aromatic carbocycles. The third-order valence-corrected chi connectivity index (χ3v) is 2.14. The summed E-state index contributed by atoms with van der Waals surface area (Å²) in [5.74, 6) is 0.516. The Kier molecular flexibility index (Phi) is 2.83. The van der Waals surface area contributed by atoms with Crippen molar-refractivity contribution in [2.24, 2.45) is 0 Å².